The molecule has 0 aliphatic carbocycles. The lowest BCUT2D eigenvalue weighted by atomic mass is 10.1. The van der Waals surface area contributed by atoms with E-state index in [4.69, 9.17) is 5.73 Å². The second kappa shape index (κ2) is 16.1. The molecule has 0 saturated carbocycles. The maximum Gasteiger partial charge on any atom is 0.333 e. The zero-order valence-electron chi connectivity index (χ0n) is 31.5. The molecule has 0 atom stereocenters. The molecule has 4 heterocycles. The number of anilines is 1. The maximum absolute atomic E-state index is 12.5. The topological polar surface area (TPSA) is 247 Å². The van der Waals surface area contributed by atoms with Crippen LogP contribution in [-0.4, -0.2) is 102 Å². The molecular weight excluding hydrogens is 718 g/mol. The minimum absolute atomic E-state index is 0.130. The second-order valence-corrected chi connectivity index (χ2v) is 13.7. The number of benzene rings is 2. The molecule has 1 saturated heterocycles. The Morgan fingerprint density at radius 3 is 1.58 bits per heavy atom. The van der Waals surface area contributed by atoms with Crippen LogP contribution >= 0.6 is 0 Å². The van der Waals surface area contributed by atoms with Crippen molar-refractivity contribution in [2.24, 2.45) is 36.2 Å². The molecule has 1 aromatic heterocycles. The third kappa shape index (κ3) is 8.24. The summed E-state index contributed by atoms with van der Waals surface area (Å²) in [5.74, 6) is -2.34. The van der Waals surface area contributed by atoms with Gasteiger partial charge in [-0.25, -0.2) is 9.59 Å². The Balaban J connectivity index is 0.000000208. The fraction of sp³-hybridized carbons (Fsp3) is 0.361. The molecule has 3 aliphatic rings. The number of nitrogens with zero attached hydrogens (tertiary/aromatic N) is 8. The summed E-state index contributed by atoms with van der Waals surface area (Å²) in [5.41, 5.74) is 5.79. The van der Waals surface area contributed by atoms with Gasteiger partial charge < -0.3 is 10.8 Å². The fourth-order valence-corrected chi connectivity index (χ4v) is 5.53. The lowest BCUT2D eigenvalue weighted by Crippen LogP contribution is -2.51. The minimum atomic E-state index is -0.806. The Kier molecular flexibility index (Phi) is 12.0. The number of aromatic hydroxyl groups is 1. The number of fused-ring (bicyclic) bond motifs is 2. The van der Waals surface area contributed by atoms with Crippen molar-refractivity contribution in [3.63, 3.8) is 0 Å². The predicted molar refractivity (Wildman–Crippen MR) is 196 cm³/mol. The van der Waals surface area contributed by atoms with E-state index < -0.39 is 46.6 Å². The van der Waals surface area contributed by atoms with Crippen molar-refractivity contribution in [3.8, 4) is 5.88 Å². The lowest BCUT2D eigenvalue weighted by Gasteiger charge is -2.26. The van der Waals surface area contributed by atoms with Gasteiger partial charge in [0, 0.05) is 47.0 Å². The zero-order valence-corrected chi connectivity index (χ0v) is 31.5. The molecule has 0 unspecified atom stereocenters. The third-order valence-electron chi connectivity index (χ3n) is 8.55. The highest BCUT2D eigenvalue weighted by Gasteiger charge is 2.37. The van der Waals surface area contributed by atoms with Crippen LogP contribution in [0.1, 0.15) is 75.5 Å². The Morgan fingerprint density at radius 1 is 0.636 bits per heavy atom. The van der Waals surface area contributed by atoms with Crippen molar-refractivity contribution >= 4 is 58.5 Å². The van der Waals surface area contributed by atoms with Crippen molar-refractivity contribution < 1.29 is 38.7 Å². The number of amides is 8. The van der Waals surface area contributed by atoms with Crippen LogP contribution in [0.25, 0.3) is 0 Å². The largest absolute Gasteiger partial charge is 0.493 e. The van der Waals surface area contributed by atoms with E-state index in [0.717, 1.165) is 18.9 Å². The number of aromatic nitrogens is 2. The molecule has 55 heavy (non-hydrogen) atoms. The predicted octanol–water partition coefficient (Wildman–Crippen LogP) is 2.40. The molecule has 1 fully saturated rings. The van der Waals surface area contributed by atoms with Crippen LogP contribution in [0.3, 0.4) is 0 Å². The molecule has 0 bridgehead atoms. The average molecular weight is 760 g/mol. The molecule has 0 spiro atoms. The van der Waals surface area contributed by atoms with Crippen LogP contribution in [0.5, 0.6) is 5.88 Å². The summed E-state index contributed by atoms with van der Waals surface area (Å²) in [5, 5.41) is 17.6. The first kappa shape index (κ1) is 41.0. The van der Waals surface area contributed by atoms with Crippen LogP contribution in [0.15, 0.2) is 56.2 Å². The molecule has 8 amide bonds. The van der Waals surface area contributed by atoms with Gasteiger partial charge in [-0.2, -0.15) is 5.11 Å². The van der Waals surface area contributed by atoms with Crippen molar-refractivity contribution in [2.75, 3.05) is 32.9 Å². The van der Waals surface area contributed by atoms with Crippen LogP contribution in [0.2, 0.25) is 0 Å². The van der Waals surface area contributed by atoms with Gasteiger partial charge in [-0.05, 0) is 48.2 Å². The van der Waals surface area contributed by atoms with Gasteiger partial charge in [0.15, 0.2) is 0 Å². The summed E-state index contributed by atoms with van der Waals surface area (Å²) < 4.78 is 1.66. The zero-order chi connectivity index (χ0) is 41.2. The lowest BCUT2D eigenvalue weighted by molar-refractivity contribution is -0.140. The van der Waals surface area contributed by atoms with E-state index in [1.807, 2.05) is 27.7 Å². The van der Waals surface area contributed by atoms with Crippen LogP contribution in [0.4, 0.5) is 21.9 Å². The number of azo groups is 1. The number of nitrogens with two attached hydrogens (primary N) is 1. The van der Waals surface area contributed by atoms with E-state index in [2.05, 4.69) is 10.2 Å². The average Bonchev–Trinajstić information content (AvgIpc) is 3.50. The SMILES string of the molecule is CC(C)CN1C(=O)c2ccc(N)cc2C1=O.CC(C)CN1C(=O)c2ccc(N=Nc3c(O)n(C)c(=O)n(C)c3=O)cc2C1=O.CN1C(=O)CC(=O)N(C)C1=O. The Labute approximate surface area is 314 Å². The van der Waals surface area contributed by atoms with E-state index in [1.54, 1.807) is 18.2 Å². The van der Waals surface area contributed by atoms with E-state index in [1.165, 1.54) is 56.2 Å². The molecule has 6 rings (SSSR count). The third-order valence-corrected chi connectivity index (χ3v) is 8.55. The van der Waals surface area contributed by atoms with Crippen molar-refractivity contribution in [1.82, 2.24) is 28.7 Å². The summed E-state index contributed by atoms with van der Waals surface area (Å²) >= 11 is 0. The number of hydrogen-bond acceptors (Lipinski definition) is 13. The van der Waals surface area contributed by atoms with Gasteiger partial charge in [0.1, 0.15) is 6.42 Å². The van der Waals surface area contributed by atoms with E-state index in [9.17, 15) is 48.3 Å². The first-order valence-electron chi connectivity index (χ1n) is 16.9. The summed E-state index contributed by atoms with van der Waals surface area (Å²) in [4.78, 5) is 110. The molecule has 3 aromatic rings. The Bertz CT molecular complexity index is 2270. The normalized spacial score (nSPS) is 15.3. The summed E-state index contributed by atoms with van der Waals surface area (Å²) in [6.07, 6.45) is -0.210. The molecule has 0 radical (unpaired) electrons. The summed E-state index contributed by atoms with van der Waals surface area (Å²) in [7, 11) is 5.26. The minimum Gasteiger partial charge on any atom is -0.493 e. The van der Waals surface area contributed by atoms with Gasteiger partial charge in [0.25, 0.3) is 29.2 Å². The number of carbonyl (C=O) groups excluding carboxylic acids is 7. The van der Waals surface area contributed by atoms with Crippen molar-refractivity contribution in [1.29, 1.82) is 0 Å². The summed E-state index contributed by atoms with van der Waals surface area (Å²) in [6, 6.07) is 8.62. The van der Waals surface area contributed by atoms with Gasteiger partial charge in [-0.3, -0.25) is 62.3 Å². The number of nitrogen functional groups attached to an aromatic ring is 1. The van der Waals surface area contributed by atoms with Gasteiger partial charge in [0.05, 0.1) is 27.9 Å². The summed E-state index contributed by atoms with van der Waals surface area (Å²) in [6.45, 7) is 8.51. The number of urea groups is 1. The van der Waals surface area contributed by atoms with Crippen LogP contribution in [-0.2, 0) is 23.7 Å². The van der Waals surface area contributed by atoms with Gasteiger partial charge >= 0.3 is 11.7 Å². The van der Waals surface area contributed by atoms with E-state index in [0.29, 0.717) is 29.9 Å². The highest BCUT2D eigenvalue weighted by atomic mass is 16.3. The number of barbiturate groups is 1. The fourth-order valence-electron chi connectivity index (χ4n) is 5.53. The molecular formula is C36H41N9O10. The number of rotatable bonds is 6. The monoisotopic (exact) mass is 759 g/mol. The van der Waals surface area contributed by atoms with Crippen LogP contribution in [0, 0.1) is 11.8 Å². The highest BCUT2D eigenvalue weighted by molar-refractivity contribution is 6.22. The second-order valence-electron chi connectivity index (χ2n) is 13.7. The molecule has 3 N–H and O–H groups in total. The first-order chi connectivity index (χ1) is 25.7. The molecule has 290 valence electrons. The standard InChI is InChI=1S/C18H19N5O5.C12H14N2O2.C6H8N2O3/c1-9(2)8-23-14(24)11-6-5-10(7-12(11)15(23)25)19-20-13-16(26)21(3)18(28)22(4)17(13)27;1-7(2)6-14-11(15)9-4-3-8(13)5-10(9)12(14)16;1-7-4(9)3-5(10)8(2)6(7)11/h5-7,9,26H,8H2,1-4H3;3-5,7H,6,13H2,1-2H3;3H2,1-2H3. The van der Waals surface area contributed by atoms with Crippen molar-refractivity contribution in [2.45, 2.75) is 34.1 Å². The Hall–Kier alpha value is -6.79. The molecule has 3 aliphatic heterocycles. The maximum atomic E-state index is 12.5. The number of hydrogen-bond donors (Lipinski definition) is 2. The molecule has 2 aromatic carbocycles. The van der Waals surface area contributed by atoms with E-state index in [-0.39, 0.29) is 52.8 Å². The van der Waals surface area contributed by atoms with Gasteiger partial charge in [0.2, 0.25) is 23.4 Å². The van der Waals surface area contributed by atoms with Crippen molar-refractivity contribution in [3.05, 3.63) is 79.5 Å². The Morgan fingerprint density at radius 2 is 1.09 bits per heavy atom. The first-order valence-corrected chi connectivity index (χ1v) is 16.9. The van der Waals surface area contributed by atoms with Gasteiger partial charge in [-0.1, -0.05) is 27.7 Å². The van der Waals surface area contributed by atoms with E-state index >= 15 is 0 Å². The highest BCUT2D eigenvalue weighted by Crippen LogP contribution is 2.29. The van der Waals surface area contributed by atoms with Gasteiger partial charge in [-0.15, -0.1) is 5.11 Å². The number of carbonyl (C=O) groups is 7. The van der Waals surface area contributed by atoms with Crippen LogP contribution < -0.4 is 17.0 Å². The molecule has 19 heteroatoms. The number of imide groups is 4. The smallest absolute Gasteiger partial charge is 0.333 e. The molecule has 19 nitrogen and oxygen atoms in total. The quantitative estimate of drug-likeness (QED) is 0.160.